The zero-order valence-electron chi connectivity index (χ0n) is 5.59. The molecule has 2 nitrogen and oxygen atoms in total. The Hall–Kier alpha value is -0.790. The van der Waals surface area contributed by atoms with Gasteiger partial charge in [0.1, 0.15) is 0 Å². The van der Waals surface area contributed by atoms with E-state index in [0.717, 1.165) is 0 Å². The number of aryl methyl sites for hydroxylation is 2. The second-order valence-electron chi connectivity index (χ2n) is 2.57. The van der Waals surface area contributed by atoms with E-state index in [9.17, 15) is 0 Å². The molecule has 1 aromatic heterocycles. The number of rotatable bonds is 0. The fourth-order valence-corrected chi connectivity index (χ4v) is 1.44. The van der Waals surface area contributed by atoms with E-state index in [-0.39, 0.29) is 0 Å². The largest absolute Gasteiger partial charge is 0.334 e. The first-order valence-electron chi connectivity index (χ1n) is 3.38. The lowest BCUT2D eigenvalue weighted by Crippen LogP contribution is -1.87. The van der Waals surface area contributed by atoms with Crippen LogP contribution in [0, 0.1) is 6.92 Å². The highest BCUT2D eigenvalue weighted by Gasteiger charge is 2.11. The van der Waals surface area contributed by atoms with Gasteiger partial charge in [-0.25, -0.2) is 4.98 Å². The van der Waals surface area contributed by atoms with E-state index in [1.807, 2.05) is 6.33 Å². The van der Waals surface area contributed by atoms with Crippen molar-refractivity contribution in [3.63, 3.8) is 0 Å². The Morgan fingerprint density at radius 2 is 2.56 bits per heavy atom. The molecule has 0 N–H and O–H groups in total. The van der Waals surface area contributed by atoms with Crippen LogP contribution in [0.15, 0.2) is 6.33 Å². The summed E-state index contributed by atoms with van der Waals surface area (Å²) in [6.07, 6.45) is 4.47. The van der Waals surface area contributed by atoms with Gasteiger partial charge in [-0.3, -0.25) is 0 Å². The van der Waals surface area contributed by atoms with Crippen LogP contribution in [0.3, 0.4) is 0 Å². The van der Waals surface area contributed by atoms with Gasteiger partial charge in [0.25, 0.3) is 0 Å². The van der Waals surface area contributed by atoms with Crippen LogP contribution < -0.4 is 0 Å². The molecule has 0 unspecified atom stereocenters. The predicted molar refractivity (Wildman–Crippen MR) is 35.3 cm³/mol. The molecule has 0 fully saturated rings. The van der Waals surface area contributed by atoms with Crippen molar-refractivity contribution in [3.8, 4) is 0 Å². The van der Waals surface area contributed by atoms with Crippen LogP contribution in [-0.2, 0) is 13.0 Å². The van der Waals surface area contributed by atoms with Crippen LogP contribution in [0.25, 0.3) is 0 Å². The highest BCUT2D eigenvalue weighted by molar-refractivity contribution is 5.13. The molecule has 0 radical (unpaired) electrons. The molecule has 9 heavy (non-hydrogen) atoms. The van der Waals surface area contributed by atoms with Crippen molar-refractivity contribution < 1.29 is 0 Å². The van der Waals surface area contributed by atoms with E-state index >= 15 is 0 Å². The van der Waals surface area contributed by atoms with Crippen molar-refractivity contribution in [3.05, 3.63) is 17.7 Å². The molecular weight excluding hydrogens is 112 g/mol. The Kier molecular flexibility index (Phi) is 0.891. The van der Waals surface area contributed by atoms with E-state index in [4.69, 9.17) is 0 Å². The molecule has 0 bridgehead atoms. The molecule has 2 heterocycles. The van der Waals surface area contributed by atoms with Crippen molar-refractivity contribution in [2.45, 2.75) is 26.3 Å². The molecule has 0 spiro atoms. The fourth-order valence-electron chi connectivity index (χ4n) is 1.44. The van der Waals surface area contributed by atoms with E-state index in [2.05, 4.69) is 16.5 Å². The molecule has 1 aliphatic rings. The number of imidazole rings is 1. The molecule has 0 amide bonds. The third-order valence-electron chi connectivity index (χ3n) is 1.97. The summed E-state index contributed by atoms with van der Waals surface area (Å²) in [6, 6.07) is 0. The van der Waals surface area contributed by atoms with Gasteiger partial charge in [-0.1, -0.05) is 0 Å². The maximum absolute atomic E-state index is 4.20. The Morgan fingerprint density at radius 3 is 3.33 bits per heavy atom. The first-order valence-corrected chi connectivity index (χ1v) is 3.38. The summed E-state index contributed by atoms with van der Waals surface area (Å²) in [5.41, 5.74) is 2.66. The molecule has 0 aliphatic carbocycles. The lowest BCUT2D eigenvalue weighted by Gasteiger charge is -1.90. The van der Waals surface area contributed by atoms with Gasteiger partial charge in [0.05, 0.1) is 12.0 Å². The number of hydrogen-bond donors (Lipinski definition) is 0. The van der Waals surface area contributed by atoms with Crippen molar-refractivity contribution in [1.29, 1.82) is 0 Å². The highest BCUT2D eigenvalue weighted by Crippen LogP contribution is 2.16. The van der Waals surface area contributed by atoms with Crippen LogP contribution in [-0.4, -0.2) is 9.55 Å². The quantitative estimate of drug-likeness (QED) is 0.504. The normalized spacial score (nSPS) is 16.1. The number of fused-ring (bicyclic) bond motifs is 1. The minimum atomic E-state index is 1.18. The number of aromatic nitrogens is 2. The zero-order chi connectivity index (χ0) is 6.27. The van der Waals surface area contributed by atoms with Crippen LogP contribution in [0.4, 0.5) is 0 Å². The second-order valence-corrected chi connectivity index (χ2v) is 2.57. The Balaban J connectivity index is 2.56. The third-order valence-corrected chi connectivity index (χ3v) is 1.97. The van der Waals surface area contributed by atoms with Crippen LogP contribution in [0.5, 0.6) is 0 Å². The molecule has 48 valence electrons. The molecular formula is C7H10N2. The summed E-state index contributed by atoms with van der Waals surface area (Å²) in [5, 5.41) is 0. The monoisotopic (exact) mass is 122 g/mol. The van der Waals surface area contributed by atoms with Crippen LogP contribution >= 0.6 is 0 Å². The molecule has 1 aliphatic heterocycles. The average Bonchev–Trinajstić information content (AvgIpc) is 2.35. The smallest absolute Gasteiger partial charge is 0.0951 e. The molecule has 0 saturated carbocycles. The maximum Gasteiger partial charge on any atom is 0.0951 e. The molecule has 1 aromatic rings. The minimum Gasteiger partial charge on any atom is -0.334 e. The molecule has 0 saturated heterocycles. The van der Waals surface area contributed by atoms with Gasteiger partial charge < -0.3 is 4.57 Å². The number of nitrogens with zero attached hydrogens (tertiary/aromatic N) is 2. The second kappa shape index (κ2) is 1.59. The molecule has 2 rings (SSSR count). The Labute approximate surface area is 54.5 Å². The first-order chi connectivity index (χ1) is 4.38. The van der Waals surface area contributed by atoms with Crippen molar-refractivity contribution in [2.24, 2.45) is 0 Å². The SMILES string of the molecule is Cc1ncn2c1CCC2. The van der Waals surface area contributed by atoms with Crippen LogP contribution in [0.2, 0.25) is 0 Å². The summed E-state index contributed by atoms with van der Waals surface area (Å²) in [6.45, 7) is 3.26. The first kappa shape index (κ1) is 5.03. The predicted octanol–water partition coefficient (Wildman–Crippen LogP) is 1.14. The van der Waals surface area contributed by atoms with Gasteiger partial charge in [0.15, 0.2) is 0 Å². The molecule has 0 atom stereocenters. The Bertz CT molecular complexity index is 225. The van der Waals surface area contributed by atoms with Crippen molar-refractivity contribution in [1.82, 2.24) is 9.55 Å². The minimum absolute atomic E-state index is 1.18. The lowest BCUT2D eigenvalue weighted by atomic mass is 10.2. The topological polar surface area (TPSA) is 17.8 Å². The lowest BCUT2D eigenvalue weighted by molar-refractivity contribution is 0.741. The van der Waals surface area contributed by atoms with E-state index < -0.39 is 0 Å². The van der Waals surface area contributed by atoms with Crippen molar-refractivity contribution >= 4 is 0 Å². The highest BCUT2D eigenvalue weighted by atomic mass is 15.1. The average molecular weight is 122 g/mol. The van der Waals surface area contributed by atoms with E-state index in [1.165, 1.54) is 30.8 Å². The maximum atomic E-state index is 4.20. The van der Waals surface area contributed by atoms with Crippen molar-refractivity contribution in [2.75, 3.05) is 0 Å². The van der Waals surface area contributed by atoms with Gasteiger partial charge in [-0.2, -0.15) is 0 Å². The van der Waals surface area contributed by atoms with E-state index in [1.54, 1.807) is 0 Å². The van der Waals surface area contributed by atoms with E-state index in [0.29, 0.717) is 0 Å². The fraction of sp³-hybridized carbons (Fsp3) is 0.571. The van der Waals surface area contributed by atoms with Gasteiger partial charge >= 0.3 is 0 Å². The summed E-state index contributed by atoms with van der Waals surface area (Å²) in [5.74, 6) is 0. The molecule has 0 aromatic carbocycles. The molecule has 2 heteroatoms. The standard InChI is InChI=1S/C7H10N2/c1-6-7-3-2-4-9(7)5-8-6/h5H,2-4H2,1H3. The van der Waals surface area contributed by atoms with Gasteiger partial charge in [0, 0.05) is 12.2 Å². The van der Waals surface area contributed by atoms with Crippen LogP contribution in [0.1, 0.15) is 17.8 Å². The van der Waals surface area contributed by atoms with Gasteiger partial charge in [0.2, 0.25) is 0 Å². The Morgan fingerprint density at radius 1 is 1.67 bits per heavy atom. The van der Waals surface area contributed by atoms with Gasteiger partial charge in [-0.05, 0) is 19.8 Å². The number of hydrogen-bond acceptors (Lipinski definition) is 1. The summed E-state index contributed by atoms with van der Waals surface area (Å²) in [7, 11) is 0. The summed E-state index contributed by atoms with van der Waals surface area (Å²) >= 11 is 0. The summed E-state index contributed by atoms with van der Waals surface area (Å²) < 4.78 is 2.25. The van der Waals surface area contributed by atoms with Gasteiger partial charge in [-0.15, -0.1) is 0 Å². The third kappa shape index (κ3) is 0.590. The summed E-state index contributed by atoms with van der Waals surface area (Å²) in [4.78, 5) is 4.20. The zero-order valence-corrected chi connectivity index (χ0v) is 5.59.